The van der Waals surface area contributed by atoms with Crippen molar-refractivity contribution in [3.05, 3.63) is 88.2 Å². The van der Waals surface area contributed by atoms with E-state index in [1.54, 1.807) is 48.5 Å². The zero-order valence-electron chi connectivity index (χ0n) is 16.6. The molecule has 0 N–H and O–H groups in total. The summed E-state index contributed by atoms with van der Waals surface area (Å²) in [4.78, 5) is 5.46. The van der Waals surface area contributed by atoms with Crippen molar-refractivity contribution in [2.75, 3.05) is 4.81 Å². The number of pyridine rings is 1. The van der Waals surface area contributed by atoms with E-state index in [9.17, 15) is 8.78 Å². The standard InChI is InChI=1S/C23H17BF2N4O/c24-30(20-6-4-16(11-27)5-7-20)14-19-13-29-22(10-26)23(21(19)9-25)31-15-18-3-1-2-17(8-18)12-28/h1-8,13H,9-10,14-15H2. The quantitative estimate of drug-likeness (QED) is 0.510. The van der Waals surface area contributed by atoms with Crippen LogP contribution in [0.1, 0.15) is 33.5 Å². The number of rotatable bonds is 8. The van der Waals surface area contributed by atoms with E-state index in [-0.39, 0.29) is 30.2 Å². The Hall–Kier alpha value is -3.91. The molecule has 0 unspecified atom stereocenters. The van der Waals surface area contributed by atoms with Crippen LogP contribution in [0.4, 0.5) is 14.5 Å². The molecule has 0 aliphatic heterocycles. The molecule has 0 aliphatic carbocycles. The van der Waals surface area contributed by atoms with Crippen molar-refractivity contribution in [1.29, 1.82) is 10.5 Å². The van der Waals surface area contributed by atoms with Crippen LogP contribution in [0, 0.1) is 22.7 Å². The van der Waals surface area contributed by atoms with E-state index < -0.39 is 13.3 Å². The molecule has 31 heavy (non-hydrogen) atoms. The molecule has 0 saturated carbocycles. The summed E-state index contributed by atoms with van der Waals surface area (Å²) < 4.78 is 33.2. The van der Waals surface area contributed by atoms with E-state index >= 15 is 0 Å². The number of anilines is 1. The van der Waals surface area contributed by atoms with E-state index in [1.807, 2.05) is 12.1 Å². The van der Waals surface area contributed by atoms with Crippen molar-refractivity contribution in [3.63, 3.8) is 0 Å². The first kappa shape index (κ1) is 21.8. The highest BCUT2D eigenvalue weighted by atomic mass is 19.1. The average molecular weight is 414 g/mol. The molecule has 1 heterocycles. The molecule has 0 bridgehead atoms. The second kappa shape index (κ2) is 10.2. The van der Waals surface area contributed by atoms with Gasteiger partial charge in [0.05, 0.1) is 23.3 Å². The average Bonchev–Trinajstić information content (AvgIpc) is 2.82. The molecule has 0 saturated heterocycles. The molecular formula is C23H17BF2N4O. The van der Waals surface area contributed by atoms with E-state index in [2.05, 4.69) is 4.98 Å². The highest BCUT2D eigenvalue weighted by Gasteiger charge is 2.18. The lowest BCUT2D eigenvalue weighted by molar-refractivity contribution is 0.287. The van der Waals surface area contributed by atoms with Gasteiger partial charge < -0.3 is 9.55 Å². The molecule has 0 aliphatic rings. The summed E-state index contributed by atoms with van der Waals surface area (Å²) >= 11 is 0. The molecule has 1 aromatic heterocycles. The highest BCUT2D eigenvalue weighted by Crippen LogP contribution is 2.30. The molecule has 0 fully saturated rings. The van der Waals surface area contributed by atoms with E-state index in [0.29, 0.717) is 27.9 Å². The Bertz CT molecular complexity index is 1140. The molecule has 8 heteroatoms. The Balaban J connectivity index is 1.86. The first-order valence-corrected chi connectivity index (χ1v) is 9.35. The number of hydrogen-bond acceptors (Lipinski definition) is 5. The maximum absolute atomic E-state index is 14.0. The van der Waals surface area contributed by atoms with Gasteiger partial charge in [-0.05, 0) is 47.5 Å². The fourth-order valence-corrected chi connectivity index (χ4v) is 3.05. The zero-order valence-corrected chi connectivity index (χ0v) is 16.6. The second-order valence-corrected chi connectivity index (χ2v) is 6.69. The fourth-order valence-electron chi connectivity index (χ4n) is 3.05. The van der Waals surface area contributed by atoms with Crippen LogP contribution < -0.4 is 9.55 Å². The summed E-state index contributed by atoms with van der Waals surface area (Å²) in [5.41, 5.74) is 2.88. The number of nitriles is 2. The molecule has 3 rings (SSSR count). The van der Waals surface area contributed by atoms with E-state index in [1.165, 1.54) is 11.0 Å². The first-order chi connectivity index (χ1) is 15.1. The van der Waals surface area contributed by atoms with E-state index in [4.69, 9.17) is 23.2 Å². The van der Waals surface area contributed by atoms with Crippen LogP contribution in [-0.4, -0.2) is 13.0 Å². The number of halogens is 2. The minimum atomic E-state index is -0.914. The van der Waals surface area contributed by atoms with Gasteiger partial charge in [-0.15, -0.1) is 0 Å². The first-order valence-electron chi connectivity index (χ1n) is 9.35. The van der Waals surface area contributed by atoms with Crippen LogP contribution in [0.15, 0.2) is 54.7 Å². The molecule has 0 spiro atoms. The number of alkyl halides is 2. The molecule has 2 aromatic carbocycles. The van der Waals surface area contributed by atoms with Crippen LogP contribution in [0.3, 0.4) is 0 Å². The molecule has 0 amide bonds. The third-order valence-electron chi connectivity index (χ3n) is 4.67. The normalized spacial score (nSPS) is 10.2. The Morgan fingerprint density at radius 3 is 2.39 bits per heavy atom. The van der Waals surface area contributed by atoms with Crippen LogP contribution in [0.2, 0.25) is 0 Å². The van der Waals surface area contributed by atoms with Gasteiger partial charge in [-0.25, -0.2) is 8.78 Å². The summed E-state index contributed by atoms with van der Waals surface area (Å²) in [5.74, 6) is 0.0399. The van der Waals surface area contributed by atoms with Gasteiger partial charge in [-0.2, -0.15) is 10.5 Å². The molecule has 152 valence electrons. The number of benzene rings is 2. The van der Waals surface area contributed by atoms with Gasteiger partial charge in [0.1, 0.15) is 31.4 Å². The minimum Gasteiger partial charge on any atom is -0.486 e. The van der Waals surface area contributed by atoms with Crippen molar-refractivity contribution in [2.45, 2.75) is 26.5 Å². The van der Waals surface area contributed by atoms with Gasteiger partial charge in [-0.3, -0.25) is 4.98 Å². The van der Waals surface area contributed by atoms with Crippen molar-refractivity contribution >= 4 is 13.7 Å². The Labute approximate surface area is 180 Å². The smallest absolute Gasteiger partial charge is 0.227 e. The Morgan fingerprint density at radius 2 is 1.74 bits per heavy atom. The van der Waals surface area contributed by atoms with Gasteiger partial charge in [0, 0.05) is 24.0 Å². The maximum atomic E-state index is 14.0. The number of ether oxygens (including phenoxy) is 1. The van der Waals surface area contributed by atoms with Gasteiger partial charge in [0.15, 0.2) is 0 Å². The number of hydrogen-bond donors (Lipinski definition) is 0. The third kappa shape index (κ3) is 5.18. The number of aromatic nitrogens is 1. The fraction of sp³-hybridized carbons (Fsp3) is 0.174. The predicted octanol–water partition coefficient (Wildman–Crippen LogP) is 4.43. The largest absolute Gasteiger partial charge is 0.486 e. The van der Waals surface area contributed by atoms with Crippen LogP contribution in [0.25, 0.3) is 0 Å². The Morgan fingerprint density at radius 1 is 1.00 bits per heavy atom. The van der Waals surface area contributed by atoms with Crippen molar-refractivity contribution in [1.82, 2.24) is 4.98 Å². The van der Waals surface area contributed by atoms with Crippen LogP contribution in [0.5, 0.6) is 5.75 Å². The topological polar surface area (TPSA) is 72.9 Å². The van der Waals surface area contributed by atoms with Crippen molar-refractivity contribution < 1.29 is 13.5 Å². The highest BCUT2D eigenvalue weighted by molar-refractivity contribution is 6.17. The Kier molecular flexibility index (Phi) is 7.19. The summed E-state index contributed by atoms with van der Waals surface area (Å²) in [6, 6.07) is 17.4. The van der Waals surface area contributed by atoms with Gasteiger partial charge >= 0.3 is 0 Å². The lowest BCUT2D eigenvalue weighted by atomic mass is 10.1. The third-order valence-corrected chi connectivity index (χ3v) is 4.67. The SMILES string of the molecule is [B]N(Cc1cnc(CF)c(OCc2cccc(C#N)c2)c1CF)c1ccc(C#N)cc1. The van der Waals surface area contributed by atoms with Crippen molar-refractivity contribution in [3.8, 4) is 17.9 Å². The molecule has 3 aromatic rings. The zero-order chi connectivity index (χ0) is 22.2. The summed E-state index contributed by atoms with van der Waals surface area (Å²) in [5, 5.41) is 17.9. The lowest BCUT2D eigenvalue weighted by Crippen LogP contribution is -2.20. The summed E-state index contributed by atoms with van der Waals surface area (Å²) in [7, 11) is 6.11. The van der Waals surface area contributed by atoms with Crippen molar-refractivity contribution in [2.24, 2.45) is 0 Å². The van der Waals surface area contributed by atoms with Gasteiger partial charge in [0.2, 0.25) is 7.98 Å². The summed E-state index contributed by atoms with van der Waals surface area (Å²) in [6.07, 6.45) is 1.39. The molecular weight excluding hydrogens is 397 g/mol. The maximum Gasteiger partial charge on any atom is 0.227 e. The van der Waals surface area contributed by atoms with E-state index in [0.717, 1.165) is 0 Å². The van der Waals surface area contributed by atoms with Crippen LogP contribution in [-0.2, 0) is 26.5 Å². The minimum absolute atomic E-state index is 0.00483. The number of nitrogens with zero attached hydrogens (tertiary/aromatic N) is 4. The monoisotopic (exact) mass is 414 g/mol. The molecule has 0 atom stereocenters. The molecule has 5 nitrogen and oxygen atoms in total. The predicted molar refractivity (Wildman–Crippen MR) is 112 cm³/mol. The van der Waals surface area contributed by atoms with Crippen LogP contribution >= 0.6 is 0 Å². The second-order valence-electron chi connectivity index (χ2n) is 6.69. The summed E-state index contributed by atoms with van der Waals surface area (Å²) in [6.45, 7) is -1.67. The van der Waals surface area contributed by atoms with Gasteiger partial charge in [0.25, 0.3) is 0 Å². The lowest BCUT2D eigenvalue weighted by Gasteiger charge is -2.23. The molecule has 2 radical (unpaired) electrons. The van der Waals surface area contributed by atoms with Gasteiger partial charge in [-0.1, -0.05) is 12.1 Å².